The van der Waals surface area contributed by atoms with Gasteiger partial charge in [-0.05, 0) is 36.8 Å². The summed E-state index contributed by atoms with van der Waals surface area (Å²) in [6.07, 6.45) is 2.13. The number of nitro groups is 1. The zero-order valence-electron chi connectivity index (χ0n) is 16.9. The topological polar surface area (TPSA) is 123 Å². The number of amides is 2. The van der Waals surface area contributed by atoms with Gasteiger partial charge in [0.05, 0.1) is 28.3 Å². The van der Waals surface area contributed by atoms with Crippen molar-refractivity contribution in [3.05, 3.63) is 57.1 Å². The van der Waals surface area contributed by atoms with Gasteiger partial charge in [-0.3, -0.25) is 25.0 Å². The van der Waals surface area contributed by atoms with Gasteiger partial charge in [0.25, 0.3) is 11.6 Å². The Morgan fingerprint density at radius 2 is 1.94 bits per heavy atom. The Morgan fingerprint density at radius 3 is 2.55 bits per heavy atom. The van der Waals surface area contributed by atoms with E-state index in [-0.39, 0.29) is 27.3 Å². The van der Waals surface area contributed by atoms with Crippen molar-refractivity contribution in [3.63, 3.8) is 0 Å². The second-order valence-electron chi connectivity index (χ2n) is 6.40. The number of rotatable bonds is 8. The van der Waals surface area contributed by atoms with Gasteiger partial charge in [-0.15, -0.1) is 0 Å². The van der Waals surface area contributed by atoms with Crippen LogP contribution in [-0.2, 0) is 4.79 Å². The molecule has 0 aliphatic carbocycles. The molecule has 0 aliphatic rings. The van der Waals surface area contributed by atoms with Gasteiger partial charge in [0.1, 0.15) is 5.75 Å². The highest BCUT2D eigenvalue weighted by Gasteiger charge is 2.16. The molecule has 0 heterocycles. The zero-order chi connectivity index (χ0) is 23.0. The van der Waals surface area contributed by atoms with Crippen LogP contribution in [0.5, 0.6) is 5.75 Å². The largest absolute Gasteiger partial charge is 0.494 e. The van der Waals surface area contributed by atoms with Crippen molar-refractivity contribution < 1.29 is 19.2 Å². The zero-order valence-corrected chi connectivity index (χ0v) is 18.4. The van der Waals surface area contributed by atoms with Gasteiger partial charge in [0.15, 0.2) is 5.11 Å². The maximum Gasteiger partial charge on any atom is 0.270 e. The predicted octanol–water partition coefficient (Wildman–Crippen LogP) is 4.51. The smallest absolute Gasteiger partial charge is 0.270 e. The van der Waals surface area contributed by atoms with Crippen LogP contribution >= 0.6 is 23.8 Å². The average Bonchev–Trinajstić information content (AvgIpc) is 2.72. The van der Waals surface area contributed by atoms with Crippen molar-refractivity contribution in [2.45, 2.75) is 26.2 Å². The van der Waals surface area contributed by atoms with Crippen LogP contribution in [-0.4, -0.2) is 29.0 Å². The maximum atomic E-state index is 12.4. The first kappa shape index (κ1) is 24.0. The van der Waals surface area contributed by atoms with E-state index in [2.05, 4.69) is 16.0 Å². The van der Waals surface area contributed by atoms with E-state index in [1.807, 2.05) is 6.92 Å². The van der Waals surface area contributed by atoms with Crippen molar-refractivity contribution in [1.29, 1.82) is 0 Å². The van der Waals surface area contributed by atoms with Crippen molar-refractivity contribution in [1.82, 2.24) is 5.32 Å². The van der Waals surface area contributed by atoms with Gasteiger partial charge in [0, 0.05) is 30.3 Å². The molecule has 0 atom stereocenters. The lowest BCUT2D eigenvalue weighted by Crippen LogP contribution is -2.34. The fourth-order valence-corrected chi connectivity index (χ4v) is 3.03. The van der Waals surface area contributed by atoms with Crippen molar-refractivity contribution >= 4 is 57.8 Å². The van der Waals surface area contributed by atoms with Crippen molar-refractivity contribution in [2.75, 3.05) is 17.7 Å². The Bertz CT molecular complexity index is 1020. The van der Waals surface area contributed by atoms with Crippen LogP contribution in [0.25, 0.3) is 0 Å². The number of nitrogens with one attached hydrogen (secondary N) is 3. The van der Waals surface area contributed by atoms with Gasteiger partial charge in [-0.25, -0.2) is 0 Å². The van der Waals surface area contributed by atoms with Crippen molar-refractivity contribution in [2.24, 2.45) is 0 Å². The van der Waals surface area contributed by atoms with Gasteiger partial charge >= 0.3 is 0 Å². The molecule has 0 aliphatic heterocycles. The summed E-state index contributed by atoms with van der Waals surface area (Å²) < 4.78 is 5.31. The van der Waals surface area contributed by atoms with Crippen LogP contribution in [0, 0.1) is 10.1 Å². The summed E-state index contributed by atoms with van der Waals surface area (Å²) in [4.78, 5) is 34.5. The van der Waals surface area contributed by atoms with Gasteiger partial charge in [0.2, 0.25) is 5.91 Å². The summed E-state index contributed by atoms with van der Waals surface area (Å²) in [7, 11) is 1.47. The monoisotopic (exact) mass is 464 g/mol. The first-order chi connectivity index (χ1) is 14.7. The van der Waals surface area contributed by atoms with Gasteiger partial charge < -0.3 is 15.4 Å². The maximum absolute atomic E-state index is 12.4. The standard InChI is InChI=1S/C20H21ClN4O5S/c1-3-4-5-18(26)23-16-9-6-12(10-17(16)30-2)22-20(31)24-19(27)14-8-7-13(25(28)29)11-15(14)21/h6-11H,3-5H2,1-2H3,(H,23,26)(H2,22,24,27,31). The van der Waals surface area contributed by atoms with E-state index in [9.17, 15) is 19.7 Å². The Balaban J connectivity index is 2.04. The minimum atomic E-state index is -0.621. The number of methoxy groups -OCH3 is 1. The van der Waals surface area contributed by atoms with E-state index in [1.165, 1.54) is 19.2 Å². The molecule has 0 saturated carbocycles. The molecule has 0 unspecified atom stereocenters. The number of nitro benzene ring substituents is 1. The molecule has 164 valence electrons. The lowest BCUT2D eigenvalue weighted by Gasteiger charge is -2.14. The second-order valence-corrected chi connectivity index (χ2v) is 7.21. The van der Waals surface area contributed by atoms with Crippen LogP contribution in [0.2, 0.25) is 5.02 Å². The van der Waals surface area contributed by atoms with E-state index < -0.39 is 10.8 Å². The van der Waals surface area contributed by atoms with Crippen LogP contribution < -0.4 is 20.7 Å². The summed E-state index contributed by atoms with van der Waals surface area (Å²) in [5, 5.41) is 18.8. The predicted molar refractivity (Wildman–Crippen MR) is 123 cm³/mol. The SMILES string of the molecule is CCCCC(=O)Nc1ccc(NC(=S)NC(=O)c2ccc([N+](=O)[O-])cc2Cl)cc1OC. The second kappa shape index (κ2) is 11.2. The summed E-state index contributed by atoms with van der Waals surface area (Å²) in [5.41, 5.74) is 0.848. The Labute approximate surface area is 189 Å². The van der Waals surface area contributed by atoms with Crippen LogP contribution in [0.1, 0.15) is 36.5 Å². The number of anilines is 2. The first-order valence-corrected chi connectivity index (χ1v) is 10.1. The number of thiocarbonyl (C=S) groups is 1. The number of unbranched alkanes of at least 4 members (excludes halogenated alkanes) is 1. The molecule has 2 aromatic rings. The quantitative estimate of drug-likeness (QED) is 0.298. The molecule has 0 radical (unpaired) electrons. The Morgan fingerprint density at radius 1 is 1.19 bits per heavy atom. The number of hydrogen-bond acceptors (Lipinski definition) is 6. The number of hydrogen-bond donors (Lipinski definition) is 3. The number of halogens is 1. The molecule has 3 N–H and O–H groups in total. The molecule has 2 aromatic carbocycles. The fraction of sp³-hybridized carbons (Fsp3) is 0.250. The summed E-state index contributed by atoms with van der Waals surface area (Å²) >= 11 is 11.1. The highest BCUT2D eigenvalue weighted by Crippen LogP contribution is 2.28. The molecule has 0 bridgehead atoms. The van der Waals surface area contributed by atoms with E-state index in [0.717, 1.165) is 18.9 Å². The average molecular weight is 465 g/mol. The molecule has 11 heteroatoms. The fourth-order valence-electron chi connectivity index (χ4n) is 2.56. The van der Waals surface area contributed by atoms with Gasteiger partial charge in [-0.2, -0.15) is 0 Å². The minimum Gasteiger partial charge on any atom is -0.494 e. The third-order valence-electron chi connectivity index (χ3n) is 4.13. The molecule has 0 spiro atoms. The lowest BCUT2D eigenvalue weighted by atomic mass is 10.2. The molecule has 0 aromatic heterocycles. The molecule has 2 amide bonds. The molecule has 2 rings (SSSR count). The number of carbonyl (C=O) groups is 2. The third kappa shape index (κ3) is 6.90. The molecule has 0 fully saturated rings. The normalized spacial score (nSPS) is 10.2. The Hall–Kier alpha value is -3.24. The molecular formula is C20H21ClN4O5S. The Kier molecular flexibility index (Phi) is 8.71. The summed E-state index contributed by atoms with van der Waals surface area (Å²) in [6, 6.07) is 8.45. The lowest BCUT2D eigenvalue weighted by molar-refractivity contribution is -0.384. The van der Waals surface area contributed by atoms with E-state index in [1.54, 1.807) is 18.2 Å². The molecule has 0 saturated heterocycles. The number of carbonyl (C=O) groups excluding carboxylic acids is 2. The minimum absolute atomic E-state index is 0.0128. The van der Waals surface area contributed by atoms with Gasteiger partial charge in [-0.1, -0.05) is 24.9 Å². The highest BCUT2D eigenvalue weighted by molar-refractivity contribution is 7.80. The molecule has 31 heavy (non-hydrogen) atoms. The third-order valence-corrected chi connectivity index (χ3v) is 4.64. The highest BCUT2D eigenvalue weighted by atomic mass is 35.5. The van der Waals surface area contributed by atoms with E-state index in [0.29, 0.717) is 23.5 Å². The summed E-state index contributed by atoms with van der Waals surface area (Å²) in [6.45, 7) is 2.01. The number of non-ortho nitro benzene ring substituents is 1. The molecular weight excluding hydrogens is 444 g/mol. The summed E-state index contributed by atoms with van der Waals surface area (Å²) in [5.74, 6) is -0.310. The van der Waals surface area contributed by atoms with Crippen molar-refractivity contribution in [3.8, 4) is 5.75 Å². The van der Waals surface area contributed by atoms with E-state index in [4.69, 9.17) is 28.6 Å². The number of nitrogens with zero attached hydrogens (tertiary/aromatic N) is 1. The van der Waals surface area contributed by atoms with Crippen LogP contribution in [0.15, 0.2) is 36.4 Å². The molecule has 9 nitrogen and oxygen atoms in total. The van der Waals surface area contributed by atoms with Crippen LogP contribution in [0.3, 0.4) is 0 Å². The number of ether oxygens (including phenoxy) is 1. The van der Waals surface area contributed by atoms with Crippen LogP contribution in [0.4, 0.5) is 17.1 Å². The first-order valence-electron chi connectivity index (χ1n) is 9.29. The number of benzene rings is 2. The van der Waals surface area contributed by atoms with E-state index >= 15 is 0 Å².